The first kappa shape index (κ1) is 42.8. The van der Waals surface area contributed by atoms with Crippen molar-refractivity contribution in [3.63, 3.8) is 0 Å². The van der Waals surface area contributed by atoms with Gasteiger partial charge in [0.05, 0.1) is 22.4 Å². The third kappa shape index (κ3) is 7.41. The van der Waals surface area contributed by atoms with Crippen molar-refractivity contribution < 1.29 is 4.74 Å². The normalized spacial score (nSPS) is 12.7. The number of fused-ring (bicyclic) bond motifs is 4. The Bertz CT molecular complexity index is 3350. The standard InChI is InChI=1S/C61H60N4O/c1-36-24-39(4)58(40(5)25-36)51-33-55-56(34-52(51)59-41(6)26-37(2)27-42(59)7)64(60-43(8)28-38(3)29-44(60)9)35-63(55)46-16-15-17-47(31-46)66-48-20-21-50-49-18-13-14-19-53(49)65(54(50)32-48)57-30-45(22-23-62-57)61(10,11)12/h13-34H,35H2,1-12H3. The van der Waals surface area contributed by atoms with Gasteiger partial charge >= 0.3 is 0 Å². The van der Waals surface area contributed by atoms with Crippen molar-refractivity contribution in [2.75, 3.05) is 16.5 Å². The minimum absolute atomic E-state index is 0.0119. The molecule has 330 valence electrons. The van der Waals surface area contributed by atoms with Gasteiger partial charge in [0.1, 0.15) is 24.0 Å². The van der Waals surface area contributed by atoms with Crippen LogP contribution in [0.2, 0.25) is 0 Å². The highest BCUT2D eigenvalue weighted by molar-refractivity contribution is 6.09. The quantitative estimate of drug-likeness (QED) is 0.160. The fourth-order valence-electron chi connectivity index (χ4n) is 11.1. The molecule has 0 fully saturated rings. The van der Waals surface area contributed by atoms with E-state index < -0.39 is 0 Å². The Hall–Kier alpha value is -7.11. The molecule has 0 radical (unpaired) electrons. The zero-order valence-electron chi connectivity index (χ0n) is 40.6. The molecule has 2 aromatic heterocycles. The summed E-state index contributed by atoms with van der Waals surface area (Å²) in [5.41, 5.74) is 24.7. The van der Waals surface area contributed by atoms with Crippen LogP contribution in [0.5, 0.6) is 11.5 Å². The molecule has 10 rings (SSSR count). The van der Waals surface area contributed by atoms with Gasteiger partial charge in [0.15, 0.2) is 0 Å². The maximum Gasteiger partial charge on any atom is 0.137 e. The second-order valence-electron chi connectivity index (χ2n) is 20.0. The van der Waals surface area contributed by atoms with Crippen LogP contribution in [0.4, 0.5) is 22.7 Å². The Kier molecular flexibility index (Phi) is 10.4. The van der Waals surface area contributed by atoms with Crippen LogP contribution < -0.4 is 14.5 Å². The Labute approximate surface area is 391 Å². The molecule has 9 aromatic rings. The number of rotatable bonds is 7. The van der Waals surface area contributed by atoms with Crippen LogP contribution in [0.1, 0.15) is 76.4 Å². The van der Waals surface area contributed by atoms with Crippen LogP contribution in [0.3, 0.4) is 0 Å². The van der Waals surface area contributed by atoms with Gasteiger partial charge in [-0.05, 0) is 184 Å². The number of pyridine rings is 1. The van der Waals surface area contributed by atoms with Crippen molar-refractivity contribution >= 4 is 44.6 Å². The van der Waals surface area contributed by atoms with E-state index in [1.165, 1.54) is 100 Å². The van der Waals surface area contributed by atoms with E-state index in [1.54, 1.807) is 0 Å². The number of para-hydroxylation sites is 1. The van der Waals surface area contributed by atoms with Gasteiger partial charge in [-0.15, -0.1) is 0 Å². The maximum atomic E-state index is 6.88. The lowest BCUT2D eigenvalue weighted by atomic mass is 9.84. The molecule has 0 N–H and O–H groups in total. The van der Waals surface area contributed by atoms with Gasteiger partial charge in [-0.3, -0.25) is 4.57 Å². The zero-order valence-corrected chi connectivity index (χ0v) is 40.6. The maximum absolute atomic E-state index is 6.88. The largest absolute Gasteiger partial charge is 0.457 e. The molecule has 0 aliphatic carbocycles. The number of hydrogen-bond donors (Lipinski definition) is 0. The van der Waals surface area contributed by atoms with E-state index >= 15 is 0 Å². The second-order valence-corrected chi connectivity index (χ2v) is 20.0. The van der Waals surface area contributed by atoms with Crippen molar-refractivity contribution in [3.8, 4) is 39.6 Å². The van der Waals surface area contributed by atoms with Crippen molar-refractivity contribution in [1.29, 1.82) is 0 Å². The Morgan fingerprint density at radius 2 is 1.03 bits per heavy atom. The first-order valence-electron chi connectivity index (χ1n) is 23.3. The Morgan fingerprint density at radius 1 is 0.485 bits per heavy atom. The minimum Gasteiger partial charge on any atom is -0.457 e. The van der Waals surface area contributed by atoms with Crippen molar-refractivity contribution in [3.05, 3.63) is 189 Å². The van der Waals surface area contributed by atoms with E-state index in [2.05, 4.69) is 225 Å². The molecule has 1 aliphatic heterocycles. The van der Waals surface area contributed by atoms with Gasteiger partial charge < -0.3 is 14.5 Å². The topological polar surface area (TPSA) is 33.5 Å². The van der Waals surface area contributed by atoms with Crippen LogP contribution in [0.25, 0.3) is 49.9 Å². The van der Waals surface area contributed by atoms with Crippen LogP contribution >= 0.6 is 0 Å². The summed E-state index contributed by atoms with van der Waals surface area (Å²) in [6.07, 6.45) is 1.93. The fourth-order valence-corrected chi connectivity index (χ4v) is 11.1. The molecule has 0 saturated carbocycles. The van der Waals surface area contributed by atoms with Crippen LogP contribution in [0, 0.1) is 62.3 Å². The van der Waals surface area contributed by atoms with Crippen LogP contribution in [0.15, 0.2) is 134 Å². The molecule has 5 heteroatoms. The molecule has 66 heavy (non-hydrogen) atoms. The lowest BCUT2D eigenvalue weighted by Crippen LogP contribution is -2.25. The predicted octanol–water partition coefficient (Wildman–Crippen LogP) is 16.6. The number of aryl methyl sites for hydroxylation is 9. The molecule has 5 nitrogen and oxygen atoms in total. The van der Waals surface area contributed by atoms with Crippen molar-refractivity contribution in [2.24, 2.45) is 0 Å². The van der Waals surface area contributed by atoms with E-state index in [0.29, 0.717) is 6.67 Å². The van der Waals surface area contributed by atoms with Crippen molar-refractivity contribution in [1.82, 2.24) is 9.55 Å². The van der Waals surface area contributed by atoms with Gasteiger partial charge in [-0.2, -0.15) is 0 Å². The third-order valence-electron chi connectivity index (χ3n) is 13.6. The van der Waals surface area contributed by atoms with Gasteiger partial charge in [0, 0.05) is 40.5 Å². The molecule has 0 bridgehead atoms. The average Bonchev–Trinajstić information content (AvgIpc) is 3.77. The number of anilines is 4. The summed E-state index contributed by atoms with van der Waals surface area (Å²) in [5.74, 6) is 2.44. The smallest absolute Gasteiger partial charge is 0.137 e. The van der Waals surface area contributed by atoms with E-state index in [1.807, 2.05) is 6.20 Å². The summed E-state index contributed by atoms with van der Waals surface area (Å²) in [6, 6.07) is 46.9. The monoisotopic (exact) mass is 864 g/mol. The first-order chi connectivity index (χ1) is 31.5. The summed E-state index contributed by atoms with van der Waals surface area (Å²) < 4.78 is 9.15. The van der Waals surface area contributed by atoms with Crippen LogP contribution in [-0.2, 0) is 5.41 Å². The summed E-state index contributed by atoms with van der Waals surface area (Å²) in [4.78, 5) is 9.91. The predicted molar refractivity (Wildman–Crippen MR) is 279 cm³/mol. The second kappa shape index (κ2) is 16.1. The number of nitrogens with zero attached hydrogens (tertiary/aromatic N) is 4. The van der Waals surface area contributed by atoms with Crippen LogP contribution in [-0.4, -0.2) is 16.2 Å². The molecule has 7 aromatic carbocycles. The SMILES string of the molecule is Cc1cc(C)c(-c2cc3c(cc2-c2c(C)cc(C)cc2C)N(c2c(C)cc(C)cc2C)CN3c2cccc(Oc3ccc4c5ccccc5n(-c5cc(C(C)(C)C)ccn5)c4c3)c2)c(C)c1. The van der Waals surface area contributed by atoms with Gasteiger partial charge in [-0.25, -0.2) is 4.98 Å². The highest BCUT2D eigenvalue weighted by Crippen LogP contribution is 2.52. The molecule has 0 spiro atoms. The van der Waals surface area contributed by atoms with Crippen molar-refractivity contribution in [2.45, 2.75) is 88.5 Å². The first-order valence-corrected chi connectivity index (χ1v) is 23.3. The van der Waals surface area contributed by atoms with Gasteiger partial charge in [0.2, 0.25) is 0 Å². The van der Waals surface area contributed by atoms with Gasteiger partial charge in [0.25, 0.3) is 0 Å². The number of aromatic nitrogens is 2. The van der Waals surface area contributed by atoms with Gasteiger partial charge in [-0.1, -0.05) is 98.1 Å². The van der Waals surface area contributed by atoms with E-state index in [0.717, 1.165) is 39.4 Å². The lowest BCUT2D eigenvalue weighted by molar-refractivity contribution is 0.483. The molecular formula is C61H60N4O. The molecular weight excluding hydrogens is 805 g/mol. The summed E-state index contributed by atoms with van der Waals surface area (Å²) in [6.45, 7) is 27.5. The fraction of sp³-hybridized carbons (Fsp3) is 0.230. The Balaban J connectivity index is 1.13. The molecule has 3 heterocycles. The molecule has 0 amide bonds. The summed E-state index contributed by atoms with van der Waals surface area (Å²) in [7, 11) is 0. The highest BCUT2D eigenvalue weighted by atomic mass is 16.5. The van der Waals surface area contributed by atoms with E-state index in [4.69, 9.17) is 9.72 Å². The minimum atomic E-state index is -0.0119. The third-order valence-corrected chi connectivity index (χ3v) is 13.6. The molecule has 0 atom stereocenters. The lowest BCUT2D eigenvalue weighted by Gasteiger charge is -2.26. The summed E-state index contributed by atoms with van der Waals surface area (Å²) >= 11 is 0. The molecule has 0 unspecified atom stereocenters. The average molecular weight is 865 g/mol. The highest BCUT2D eigenvalue weighted by Gasteiger charge is 2.33. The summed E-state index contributed by atoms with van der Waals surface area (Å²) in [5, 5.41) is 2.35. The number of ether oxygens (including phenoxy) is 1. The molecule has 1 aliphatic rings. The Morgan fingerprint density at radius 3 is 1.64 bits per heavy atom. The zero-order chi connectivity index (χ0) is 46.3. The number of hydrogen-bond acceptors (Lipinski definition) is 4. The van der Waals surface area contributed by atoms with E-state index in [-0.39, 0.29) is 5.41 Å². The van der Waals surface area contributed by atoms with E-state index in [9.17, 15) is 0 Å². The molecule has 0 saturated heterocycles. The number of benzene rings is 7.